The van der Waals surface area contributed by atoms with E-state index in [9.17, 15) is 19.2 Å². The van der Waals surface area contributed by atoms with Crippen LogP contribution in [0, 0.1) is 23.2 Å². The highest BCUT2D eigenvalue weighted by Gasteiger charge is 2.66. The Morgan fingerprint density at radius 1 is 1.15 bits per heavy atom. The van der Waals surface area contributed by atoms with E-state index < -0.39 is 22.5 Å². The Bertz CT molecular complexity index is 923. The summed E-state index contributed by atoms with van der Waals surface area (Å²) in [6.07, 6.45) is 2.39. The molecule has 0 radical (unpaired) electrons. The molecule has 39 heavy (non-hydrogen) atoms. The molecule has 2 unspecified atom stereocenters. The van der Waals surface area contributed by atoms with Crippen molar-refractivity contribution in [1.82, 2.24) is 4.90 Å². The van der Waals surface area contributed by atoms with Crippen molar-refractivity contribution in [3.63, 3.8) is 0 Å². The Morgan fingerprint density at radius 2 is 1.82 bits per heavy atom. The van der Waals surface area contributed by atoms with Crippen molar-refractivity contribution < 1.29 is 28.7 Å². The maximum absolute atomic E-state index is 13.7. The topological polar surface area (TPSA) is 168 Å². The number of Topliss-reactive ketones (excluding diaryl/α,β-unsaturated/α-hetero) is 3. The number of ketones is 3. The van der Waals surface area contributed by atoms with Gasteiger partial charge < -0.3 is 26.7 Å². The van der Waals surface area contributed by atoms with Gasteiger partial charge in [-0.2, -0.15) is 0 Å². The predicted molar refractivity (Wildman–Crippen MR) is 148 cm³/mol. The zero-order valence-electron chi connectivity index (χ0n) is 24.3. The van der Waals surface area contributed by atoms with Crippen molar-refractivity contribution in [3.8, 4) is 0 Å². The third-order valence-electron chi connectivity index (χ3n) is 10.3. The quantitative estimate of drug-likeness (QED) is 0.302. The number of hydrogen-bond acceptors (Lipinski definition) is 10. The zero-order valence-corrected chi connectivity index (χ0v) is 24.3. The first-order chi connectivity index (χ1) is 18.3. The molecule has 0 aromatic rings. The molecule has 2 saturated carbocycles. The SMILES string of the molecule is CCC(C(C)CCC(=O)OCCN1CCOCC1)[C@@H](C)C(=O)C[C@@]1(N)[C@@H](N)C(=O)C[C@]2(N)CC(=O)CC[C@@]21C. The maximum atomic E-state index is 13.7. The monoisotopic (exact) mass is 550 g/mol. The number of esters is 1. The second kappa shape index (κ2) is 12.9. The summed E-state index contributed by atoms with van der Waals surface area (Å²) < 4.78 is 10.8. The van der Waals surface area contributed by atoms with Crippen LogP contribution < -0.4 is 17.2 Å². The van der Waals surface area contributed by atoms with Gasteiger partial charge in [-0.25, -0.2) is 0 Å². The van der Waals surface area contributed by atoms with Gasteiger partial charge in [-0.3, -0.25) is 24.1 Å². The zero-order chi connectivity index (χ0) is 29.0. The van der Waals surface area contributed by atoms with Gasteiger partial charge in [-0.15, -0.1) is 0 Å². The number of rotatable bonds is 12. The second-order valence-electron chi connectivity index (χ2n) is 12.6. The lowest BCUT2D eigenvalue weighted by atomic mass is 9.45. The molecule has 0 bridgehead atoms. The van der Waals surface area contributed by atoms with E-state index in [0.717, 1.165) is 19.5 Å². The van der Waals surface area contributed by atoms with Crippen LogP contribution >= 0.6 is 0 Å². The highest BCUT2D eigenvalue weighted by Crippen LogP contribution is 2.55. The number of hydrogen-bond donors (Lipinski definition) is 3. The molecular formula is C29H50N4O6. The molecule has 3 aliphatic rings. The molecule has 7 atom stereocenters. The maximum Gasteiger partial charge on any atom is 0.305 e. The van der Waals surface area contributed by atoms with Crippen LogP contribution in [0.1, 0.15) is 79.1 Å². The van der Waals surface area contributed by atoms with Gasteiger partial charge in [-0.1, -0.05) is 34.1 Å². The van der Waals surface area contributed by atoms with E-state index in [-0.39, 0.29) is 60.3 Å². The highest BCUT2D eigenvalue weighted by molar-refractivity contribution is 5.93. The molecule has 0 amide bonds. The van der Waals surface area contributed by atoms with Crippen molar-refractivity contribution in [3.05, 3.63) is 0 Å². The number of nitrogens with two attached hydrogens (primary N) is 3. The fourth-order valence-corrected chi connectivity index (χ4v) is 7.27. The Labute approximate surface area is 233 Å². The minimum Gasteiger partial charge on any atom is -0.464 e. The summed E-state index contributed by atoms with van der Waals surface area (Å²) in [7, 11) is 0. The molecule has 10 nitrogen and oxygen atoms in total. The van der Waals surface area contributed by atoms with Crippen LogP contribution in [0.25, 0.3) is 0 Å². The molecule has 0 aromatic heterocycles. The number of carbonyl (C=O) groups excluding carboxylic acids is 4. The molecule has 1 heterocycles. The summed E-state index contributed by atoms with van der Waals surface area (Å²) in [5, 5.41) is 0. The largest absolute Gasteiger partial charge is 0.464 e. The number of nitrogens with zero attached hydrogens (tertiary/aromatic N) is 1. The standard InChI is InChI=1S/C29H50N4O6/c1-5-22(19(2)6-7-25(37)39-15-12-33-10-13-38-14-11-33)20(3)23(35)18-29(32)26(30)24(36)17-28(31)16-21(34)8-9-27(28,29)4/h19-20,22,26H,5-18,30-32H2,1-4H3/t19?,20-,22?,26+,27+,28-,29-/m1/s1. The molecule has 2 aliphatic carbocycles. The molecule has 3 rings (SSSR count). The predicted octanol–water partition coefficient (Wildman–Crippen LogP) is 1.35. The Balaban J connectivity index is 1.59. The van der Waals surface area contributed by atoms with Crippen molar-refractivity contribution in [2.75, 3.05) is 39.5 Å². The van der Waals surface area contributed by atoms with Crippen LogP contribution in [-0.2, 0) is 28.7 Å². The fourth-order valence-electron chi connectivity index (χ4n) is 7.27. The lowest BCUT2D eigenvalue weighted by Crippen LogP contribution is -2.81. The van der Waals surface area contributed by atoms with Crippen molar-refractivity contribution in [2.24, 2.45) is 40.4 Å². The average Bonchev–Trinajstić information content (AvgIpc) is 2.89. The highest BCUT2D eigenvalue weighted by atomic mass is 16.5. The third kappa shape index (κ3) is 6.62. The number of morpholine rings is 1. The minimum atomic E-state index is -1.34. The smallest absolute Gasteiger partial charge is 0.305 e. The summed E-state index contributed by atoms with van der Waals surface area (Å²) in [5.74, 6) is -0.771. The summed E-state index contributed by atoms with van der Waals surface area (Å²) in [6, 6.07) is -1.02. The first-order valence-electron chi connectivity index (χ1n) is 14.6. The van der Waals surface area contributed by atoms with Gasteiger partial charge in [0.15, 0.2) is 5.78 Å². The van der Waals surface area contributed by atoms with Crippen molar-refractivity contribution in [1.29, 1.82) is 0 Å². The van der Waals surface area contributed by atoms with Gasteiger partial charge in [0.1, 0.15) is 18.2 Å². The van der Waals surface area contributed by atoms with Crippen LogP contribution in [0.4, 0.5) is 0 Å². The van der Waals surface area contributed by atoms with Crippen LogP contribution in [0.3, 0.4) is 0 Å². The molecule has 6 N–H and O–H groups in total. The summed E-state index contributed by atoms with van der Waals surface area (Å²) in [5.41, 5.74) is 16.8. The van der Waals surface area contributed by atoms with Crippen LogP contribution in [0.2, 0.25) is 0 Å². The van der Waals surface area contributed by atoms with Crippen LogP contribution in [0.15, 0.2) is 0 Å². The molecule has 1 saturated heterocycles. The van der Waals surface area contributed by atoms with Gasteiger partial charge >= 0.3 is 5.97 Å². The third-order valence-corrected chi connectivity index (χ3v) is 10.3. The van der Waals surface area contributed by atoms with Crippen LogP contribution in [0.5, 0.6) is 0 Å². The lowest BCUT2D eigenvalue weighted by Gasteiger charge is -2.62. The van der Waals surface area contributed by atoms with E-state index >= 15 is 0 Å². The first-order valence-corrected chi connectivity index (χ1v) is 14.6. The number of fused-ring (bicyclic) bond motifs is 1. The van der Waals surface area contributed by atoms with Gasteiger partial charge in [0, 0.05) is 68.6 Å². The average molecular weight is 551 g/mol. The van der Waals surface area contributed by atoms with Crippen LogP contribution in [-0.4, -0.2) is 84.8 Å². The van der Waals surface area contributed by atoms with Gasteiger partial charge in [0.25, 0.3) is 0 Å². The van der Waals surface area contributed by atoms with E-state index in [1.54, 1.807) is 0 Å². The summed E-state index contributed by atoms with van der Waals surface area (Å²) in [4.78, 5) is 53.5. The second-order valence-corrected chi connectivity index (χ2v) is 12.6. The Hall–Kier alpha value is -1.72. The van der Waals surface area contributed by atoms with Gasteiger partial charge in [0.05, 0.1) is 24.8 Å². The fraction of sp³-hybridized carbons (Fsp3) is 0.862. The molecule has 0 spiro atoms. The van der Waals surface area contributed by atoms with Crippen molar-refractivity contribution >= 4 is 23.3 Å². The first kappa shape index (κ1) is 31.8. The summed E-state index contributed by atoms with van der Waals surface area (Å²) in [6.45, 7) is 12.1. The van der Waals surface area contributed by atoms with Gasteiger partial charge in [0.2, 0.25) is 0 Å². The van der Waals surface area contributed by atoms with E-state index in [1.165, 1.54) is 0 Å². The Morgan fingerprint density at radius 3 is 2.46 bits per heavy atom. The van der Waals surface area contributed by atoms with Crippen molar-refractivity contribution in [2.45, 2.75) is 96.2 Å². The number of ether oxygens (including phenoxy) is 2. The molecular weight excluding hydrogens is 500 g/mol. The van der Waals surface area contributed by atoms with E-state index in [1.807, 2.05) is 20.8 Å². The van der Waals surface area contributed by atoms with E-state index in [4.69, 9.17) is 26.7 Å². The normalized spacial score (nSPS) is 34.2. The molecule has 0 aromatic carbocycles. The molecule has 1 aliphatic heterocycles. The summed E-state index contributed by atoms with van der Waals surface area (Å²) >= 11 is 0. The van der Waals surface area contributed by atoms with E-state index in [0.29, 0.717) is 52.0 Å². The number of carbonyl (C=O) groups is 4. The van der Waals surface area contributed by atoms with E-state index in [2.05, 4.69) is 11.8 Å². The molecule has 222 valence electrons. The molecule has 10 heteroatoms. The lowest BCUT2D eigenvalue weighted by molar-refractivity contribution is -0.147. The molecule has 3 fully saturated rings. The minimum absolute atomic E-state index is 0.00370. The van der Waals surface area contributed by atoms with Gasteiger partial charge in [-0.05, 0) is 24.7 Å². The Kier molecular flexibility index (Phi) is 10.5.